The molecule has 0 unspecified atom stereocenters. The maximum atomic E-state index is 12.2. The van der Waals surface area contributed by atoms with Crippen LogP contribution in [-0.2, 0) is 6.42 Å². The number of hydrogen-bond acceptors (Lipinski definition) is 4. The van der Waals surface area contributed by atoms with Crippen LogP contribution in [0.15, 0.2) is 58.1 Å². The molecule has 3 rings (SSSR count). The number of hydrazone groups is 1. The minimum Gasteiger partial charge on any atom is -0.507 e. The number of hydrogen-bond donors (Lipinski definition) is 3. The quantitative estimate of drug-likeness (QED) is 0.438. The average Bonchev–Trinajstić information content (AvgIpc) is 3.15. The number of rotatable bonds is 5. The molecular formula is C19H17BrN4O2. The molecule has 0 aliphatic carbocycles. The number of aromatic amines is 1. The van der Waals surface area contributed by atoms with Crippen molar-refractivity contribution in [2.45, 2.75) is 13.3 Å². The molecule has 0 saturated carbocycles. The molecule has 1 aromatic heterocycles. The normalized spacial score (nSPS) is 11.0. The molecule has 26 heavy (non-hydrogen) atoms. The van der Waals surface area contributed by atoms with Gasteiger partial charge in [-0.2, -0.15) is 10.2 Å². The van der Waals surface area contributed by atoms with Gasteiger partial charge in [-0.1, -0.05) is 47.1 Å². The fraction of sp³-hybridized carbons (Fsp3) is 0.105. The third kappa shape index (κ3) is 4.18. The second-order valence-electron chi connectivity index (χ2n) is 5.62. The van der Waals surface area contributed by atoms with Crippen molar-refractivity contribution in [3.05, 3.63) is 69.8 Å². The predicted molar refractivity (Wildman–Crippen MR) is 104 cm³/mol. The minimum absolute atomic E-state index is 0.0746. The topological polar surface area (TPSA) is 90.4 Å². The van der Waals surface area contributed by atoms with Gasteiger partial charge >= 0.3 is 0 Å². The van der Waals surface area contributed by atoms with Crippen LogP contribution in [0.3, 0.4) is 0 Å². The molecule has 7 heteroatoms. The van der Waals surface area contributed by atoms with E-state index in [1.54, 1.807) is 18.2 Å². The van der Waals surface area contributed by atoms with E-state index in [1.807, 2.05) is 24.3 Å². The number of benzene rings is 2. The van der Waals surface area contributed by atoms with E-state index in [2.05, 4.69) is 43.6 Å². The third-order valence-corrected chi connectivity index (χ3v) is 4.33. The second kappa shape index (κ2) is 7.97. The van der Waals surface area contributed by atoms with Crippen LogP contribution in [0.1, 0.15) is 28.5 Å². The number of aryl methyl sites for hydroxylation is 1. The summed E-state index contributed by atoms with van der Waals surface area (Å²) in [6, 6.07) is 14.6. The van der Waals surface area contributed by atoms with Gasteiger partial charge in [0.1, 0.15) is 11.4 Å². The molecule has 0 radical (unpaired) electrons. The largest absolute Gasteiger partial charge is 0.507 e. The second-order valence-corrected chi connectivity index (χ2v) is 6.54. The Balaban J connectivity index is 1.68. The van der Waals surface area contributed by atoms with Crippen molar-refractivity contribution >= 4 is 28.1 Å². The summed E-state index contributed by atoms with van der Waals surface area (Å²) in [6.07, 6.45) is 2.35. The van der Waals surface area contributed by atoms with Gasteiger partial charge in [-0.25, -0.2) is 5.43 Å². The summed E-state index contributed by atoms with van der Waals surface area (Å²) in [5, 5.41) is 20.5. The Bertz CT molecular complexity index is 948. The van der Waals surface area contributed by atoms with Crippen molar-refractivity contribution in [3.8, 4) is 17.0 Å². The number of carbonyl (C=O) groups excluding carboxylic acids is 1. The maximum absolute atomic E-state index is 12.2. The van der Waals surface area contributed by atoms with Gasteiger partial charge in [0.15, 0.2) is 0 Å². The number of phenols is 1. The van der Waals surface area contributed by atoms with E-state index in [1.165, 1.54) is 17.8 Å². The summed E-state index contributed by atoms with van der Waals surface area (Å²) in [5.41, 5.74) is 6.06. The van der Waals surface area contributed by atoms with Crippen molar-refractivity contribution in [1.82, 2.24) is 15.6 Å². The third-order valence-electron chi connectivity index (χ3n) is 3.84. The number of halogens is 1. The lowest BCUT2D eigenvalue weighted by Crippen LogP contribution is -2.18. The molecular weight excluding hydrogens is 396 g/mol. The highest BCUT2D eigenvalue weighted by molar-refractivity contribution is 9.10. The van der Waals surface area contributed by atoms with Gasteiger partial charge in [-0.05, 0) is 36.2 Å². The van der Waals surface area contributed by atoms with Crippen LogP contribution in [0.2, 0.25) is 0 Å². The summed E-state index contributed by atoms with van der Waals surface area (Å²) < 4.78 is 0.801. The van der Waals surface area contributed by atoms with E-state index >= 15 is 0 Å². The van der Waals surface area contributed by atoms with E-state index in [4.69, 9.17) is 0 Å². The Hall–Kier alpha value is -2.93. The SMILES string of the molecule is CCc1ccc(-c2cc(C(=O)N/N=C/c3cc(Br)ccc3O)[nH]n2)cc1. The van der Waals surface area contributed by atoms with Crippen molar-refractivity contribution < 1.29 is 9.90 Å². The molecule has 0 bridgehead atoms. The molecule has 6 nitrogen and oxygen atoms in total. The molecule has 0 atom stereocenters. The van der Waals surface area contributed by atoms with Crippen LogP contribution in [0, 0.1) is 0 Å². The van der Waals surface area contributed by atoms with E-state index in [0.717, 1.165) is 16.5 Å². The van der Waals surface area contributed by atoms with Gasteiger partial charge in [0.2, 0.25) is 0 Å². The highest BCUT2D eigenvalue weighted by Gasteiger charge is 2.10. The van der Waals surface area contributed by atoms with Crippen LogP contribution in [0.4, 0.5) is 0 Å². The molecule has 1 amide bonds. The first-order valence-electron chi connectivity index (χ1n) is 8.03. The summed E-state index contributed by atoms with van der Waals surface area (Å²) in [7, 11) is 0. The molecule has 3 aromatic rings. The fourth-order valence-electron chi connectivity index (χ4n) is 2.35. The molecule has 3 N–H and O–H groups in total. The maximum Gasteiger partial charge on any atom is 0.289 e. The first kappa shape index (κ1) is 17.9. The van der Waals surface area contributed by atoms with E-state index in [9.17, 15) is 9.90 Å². The van der Waals surface area contributed by atoms with E-state index < -0.39 is 5.91 Å². The van der Waals surface area contributed by atoms with Crippen LogP contribution >= 0.6 is 15.9 Å². The molecule has 1 heterocycles. The standard InChI is InChI=1S/C19H17BrN4O2/c1-2-12-3-5-13(6-4-12)16-10-17(23-22-16)19(26)24-21-11-14-9-15(20)7-8-18(14)25/h3-11,25H,2H2,1H3,(H,22,23)(H,24,26)/b21-11+. The van der Waals surface area contributed by atoms with Gasteiger partial charge in [-0.3, -0.25) is 9.89 Å². The lowest BCUT2D eigenvalue weighted by molar-refractivity contribution is 0.0950. The monoisotopic (exact) mass is 412 g/mol. The first-order chi connectivity index (χ1) is 12.6. The predicted octanol–water partition coefficient (Wildman–Crippen LogP) is 3.87. The van der Waals surface area contributed by atoms with Crippen LogP contribution in [0.25, 0.3) is 11.3 Å². The highest BCUT2D eigenvalue weighted by atomic mass is 79.9. The number of phenolic OH excluding ortho intramolecular Hbond substituents is 1. The minimum atomic E-state index is -0.417. The number of aromatic nitrogens is 2. The molecule has 0 fully saturated rings. The van der Waals surface area contributed by atoms with Crippen molar-refractivity contribution in [2.75, 3.05) is 0 Å². The number of aromatic hydroxyl groups is 1. The number of carbonyl (C=O) groups is 1. The Labute approximate surface area is 159 Å². The lowest BCUT2D eigenvalue weighted by atomic mass is 10.1. The smallest absolute Gasteiger partial charge is 0.289 e. The highest BCUT2D eigenvalue weighted by Crippen LogP contribution is 2.20. The molecule has 0 saturated heterocycles. The van der Waals surface area contributed by atoms with Crippen LogP contribution in [0.5, 0.6) is 5.75 Å². The van der Waals surface area contributed by atoms with Gasteiger partial charge in [0.25, 0.3) is 5.91 Å². The Kier molecular flexibility index (Phi) is 5.48. The number of nitrogens with one attached hydrogen (secondary N) is 2. The number of H-pyrrole nitrogens is 1. The summed E-state index contributed by atoms with van der Waals surface area (Å²) in [6.45, 7) is 2.10. The van der Waals surface area contributed by atoms with E-state index in [0.29, 0.717) is 17.0 Å². The Morgan fingerprint density at radius 3 is 2.77 bits per heavy atom. The molecule has 132 valence electrons. The summed E-state index contributed by atoms with van der Waals surface area (Å²) in [5.74, 6) is -0.342. The molecule has 0 spiro atoms. The zero-order valence-corrected chi connectivity index (χ0v) is 15.6. The summed E-state index contributed by atoms with van der Waals surface area (Å²) >= 11 is 3.31. The zero-order valence-electron chi connectivity index (χ0n) is 14.0. The van der Waals surface area contributed by atoms with Crippen molar-refractivity contribution in [3.63, 3.8) is 0 Å². The number of nitrogens with zero attached hydrogens (tertiary/aromatic N) is 2. The van der Waals surface area contributed by atoms with Gasteiger partial charge < -0.3 is 5.11 Å². The zero-order chi connectivity index (χ0) is 18.5. The Morgan fingerprint density at radius 1 is 1.27 bits per heavy atom. The van der Waals surface area contributed by atoms with E-state index in [-0.39, 0.29) is 5.75 Å². The fourth-order valence-corrected chi connectivity index (χ4v) is 2.73. The van der Waals surface area contributed by atoms with Crippen molar-refractivity contribution in [1.29, 1.82) is 0 Å². The first-order valence-corrected chi connectivity index (χ1v) is 8.82. The molecule has 2 aromatic carbocycles. The lowest BCUT2D eigenvalue weighted by Gasteiger charge is -2.00. The van der Waals surface area contributed by atoms with Crippen molar-refractivity contribution in [2.24, 2.45) is 5.10 Å². The van der Waals surface area contributed by atoms with Crippen LogP contribution in [-0.4, -0.2) is 27.4 Å². The van der Waals surface area contributed by atoms with Gasteiger partial charge in [0, 0.05) is 15.6 Å². The van der Waals surface area contributed by atoms with Gasteiger partial charge in [0.05, 0.1) is 11.9 Å². The molecule has 0 aliphatic heterocycles. The number of amides is 1. The molecule has 0 aliphatic rings. The Morgan fingerprint density at radius 2 is 2.04 bits per heavy atom. The summed E-state index contributed by atoms with van der Waals surface area (Å²) in [4.78, 5) is 12.2. The van der Waals surface area contributed by atoms with Crippen LogP contribution < -0.4 is 5.43 Å². The average molecular weight is 413 g/mol. The van der Waals surface area contributed by atoms with Gasteiger partial charge in [-0.15, -0.1) is 0 Å².